The number of nitrogens with one attached hydrogen (secondary N) is 1. The van der Waals surface area contributed by atoms with Crippen molar-refractivity contribution < 1.29 is 13.2 Å². The lowest BCUT2D eigenvalue weighted by Crippen LogP contribution is -2.31. The first-order valence-electron chi connectivity index (χ1n) is 11.1. The van der Waals surface area contributed by atoms with Crippen molar-refractivity contribution in [2.45, 2.75) is 36.5 Å². The van der Waals surface area contributed by atoms with Crippen LogP contribution in [0.5, 0.6) is 0 Å². The van der Waals surface area contributed by atoms with Gasteiger partial charge in [-0.3, -0.25) is 4.79 Å². The second-order valence-electron chi connectivity index (χ2n) is 8.48. The number of hydrogen-bond donors (Lipinski definition) is 1. The number of anilines is 1. The van der Waals surface area contributed by atoms with Gasteiger partial charge in [0.1, 0.15) is 0 Å². The summed E-state index contributed by atoms with van der Waals surface area (Å²) in [6.45, 7) is 1.05. The molecule has 0 saturated heterocycles. The minimum atomic E-state index is -3.67. The van der Waals surface area contributed by atoms with Crippen LogP contribution >= 0.6 is 0 Å². The molecule has 3 aromatic rings. The van der Waals surface area contributed by atoms with E-state index in [9.17, 15) is 13.2 Å². The summed E-state index contributed by atoms with van der Waals surface area (Å²) in [5.74, 6) is 0.171. The minimum absolute atomic E-state index is 0.0667. The average Bonchev–Trinajstić information content (AvgIpc) is 3.14. The Labute approximate surface area is 189 Å². The zero-order valence-corrected chi connectivity index (χ0v) is 18.6. The Morgan fingerprint density at radius 1 is 0.906 bits per heavy atom. The van der Waals surface area contributed by atoms with Crippen LogP contribution in [0.2, 0.25) is 0 Å². The number of benzene rings is 3. The lowest BCUT2D eigenvalue weighted by Gasteiger charge is -2.26. The van der Waals surface area contributed by atoms with Crippen LogP contribution in [-0.4, -0.2) is 27.4 Å². The maximum absolute atomic E-state index is 13.1. The standard InChI is InChI=1S/C26H26N2O3S/c29-25-18-22-17-23(16-21-12-7-15-28(25)26(21)22)32(30,31)27-14-13-24(19-8-3-1-4-9-19)20-10-5-2-6-11-20/h1-6,8-11,16-17,24,27H,7,12-15,18H2. The molecule has 0 aromatic heterocycles. The van der Waals surface area contributed by atoms with Crippen molar-refractivity contribution >= 4 is 21.6 Å². The molecule has 2 heterocycles. The quantitative estimate of drug-likeness (QED) is 0.596. The van der Waals surface area contributed by atoms with E-state index < -0.39 is 10.0 Å². The van der Waals surface area contributed by atoms with E-state index in [1.165, 1.54) is 11.1 Å². The van der Waals surface area contributed by atoms with Gasteiger partial charge < -0.3 is 4.90 Å². The maximum atomic E-state index is 13.1. The van der Waals surface area contributed by atoms with Crippen molar-refractivity contribution in [3.05, 3.63) is 95.1 Å². The molecule has 5 rings (SSSR count). The van der Waals surface area contributed by atoms with E-state index in [-0.39, 0.29) is 23.1 Å². The number of aryl methyl sites for hydroxylation is 1. The van der Waals surface area contributed by atoms with E-state index in [1.54, 1.807) is 12.1 Å². The maximum Gasteiger partial charge on any atom is 0.240 e. The van der Waals surface area contributed by atoms with Gasteiger partial charge in [-0.1, -0.05) is 60.7 Å². The second kappa shape index (κ2) is 8.52. The zero-order valence-electron chi connectivity index (χ0n) is 17.8. The molecule has 6 heteroatoms. The Hall–Kier alpha value is -2.96. The Morgan fingerprint density at radius 2 is 1.53 bits per heavy atom. The van der Waals surface area contributed by atoms with Crippen molar-refractivity contribution in [1.82, 2.24) is 4.72 Å². The van der Waals surface area contributed by atoms with Crippen LogP contribution in [0.15, 0.2) is 77.7 Å². The van der Waals surface area contributed by atoms with E-state index >= 15 is 0 Å². The number of nitrogens with zero attached hydrogens (tertiary/aromatic N) is 1. The van der Waals surface area contributed by atoms with Crippen molar-refractivity contribution in [2.75, 3.05) is 18.0 Å². The first kappa shape index (κ1) is 20.9. The van der Waals surface area contributed by atoms with Crippen LogP contribution < -0.4 is 9.62 Å². The molecule has 0 spiro atoms. The largest absolute Gasteiger partial charge is 0.312 e. The Morgan fingerprint density at radius 3 is 2.19 bits per heavy atom. The van der Waals surface area contributed by atoms with Gasteiger partial charge in [0.25, 0.3) is 0 Å². The van der Waals surface area contributed by atoms with Crippen LogP contribution in [0.3, 0.4) is 0 Å². The molecular formula is C26H26N2O3S. The highest BCUT2D eigenvalue weighted by molar-refractivity contribution is 7.89. The number of carbonyl (C=O) groups excluding carboxylic acids is 1. The summed E-state index contributed by atoms with van der Waals surface area (Å²) in [6, 6.07) is 23.8. The summed E-state index contributed by atoms with van der Waals surface area (Å²) in [5, 5.41) is 0. The van der Waals surface area contributed by atoms with Gasteiger partial charge in [0, 0.05) is 19.0 Å². The average molecular weight is 447 g/mol. The zero-order chi connectivity index (χ0) is 22.1. The summed E-state index contributed by atoms with van der Waals surface area (Å²) in [7, 11) is -3.67. The van der Waals surface area contributed by atoms with E-state index in [4.69, 9.17) is 0 Å². The van der Waals surface area contributed by atoms with Crippen LogP contribution in [0, 0.1) is 0 Å². The van der Waals surface area contributed by atoms with E-state index in [1.807, 2.05) is 41.3 Å². The molecule has 2 aliphatic heterocycles. The summed E-state index contributed by atoms with van der Waals surface area (Å²) < 4.78 is 29.1. The molecule has 0 aliphatic carbocycles. The van der Waals surface area contributed by atoms with Gasteiger partial charge in [-0.05, 0) is 53.6 Å². The molecule has 0 bridgehead atoms. The Balaban J connectivity index is 1.35. The van der Waals surface area contributed by atoms with E-state index in [0.717, 1.165) is 36.2 Å². The van der Waals surface area contributed by atoms with Gasteiger partial charge >= 0.3 is 0 Å². The number of amides is 1. The highest BCUT2D eigenvalue weighted by Crippen LogP contribution is 2.38. The third kappa shape index (κ3) is 3.96. The van der Waals surface area contributed by atoms with Crippen LogP contribution in [0.1, 0.15) is 41.0 Å². The molecule has 5 nitrogen and oxygen atoms in total. The number of sulfonamides is 1. The Kier molecular flexibility index (Phi) is 5.57. The highest BCUT2D eigenvalue weighted by atomic mass is 32.2. The van der Waals surface area contributed by atoms with Crippen LogP contribution in [0.25, 0.3) is 0 Å². The smallest absolute Gasteiger partial charge is 0.240 e. The van der Waals surface area contributed by atoms with Crippen LogP contribution in [-0.2, 0) is 27.7 Å². The predicted octanol–water partition coefficient (Wildman–Crippen LogP) is 4.02. The van der Waals surface area contributed by atoms with Crippen molar-refractivity contribution in [3.8, 4) is 0 Å². The molecular weight excluding hydrogens is 420 g/mol. The molecule has 0 radical (unpaired) electrons. The van der Waals surface area contributed by atoms with Gasteiger partial charge in [0.2, 0.25) is 15.9 Å². The number of hydrogen-bond acceptors (Lipinski definition) is 3. The Bertz CT molecular complexity index is 1200. The van der Waals surface area contributed by atoms with Gasteiger partial charge in [-0.25, -0.2) is 13.1 Å². The fourth-order valence-electron chi connectivity index (χ4n) is 4.92. The van der Waals surface area contributed by atoms with Crippen molar-refractivity contribution in [3.63, 3.8) is 0 Å². The van der Waals surface area contributed by atoms with Gasteiger partial charge in [-0.2, -0.15) is 0 Å². The molecule has 32 heavy (non-hydrogen) atoms. The summed E-state index contributed by atoms with van der Waals surface area (Å²) in [6.07, 6.45) is 2.61. The van der Waals surface area contributed by atoms with Gasteiger partial charge in [-0.15, -0.1) is 0 Å². The SMILES string of the molecule is O=C1Cc2cc(S(=O)(=O)NCCC(c3ccccc3)c3ccccc3)cc3c2N1CCC3. The van der Waals surface area contributed by atoms with Gasteiger partial charge in [0.15, 0.2) is 0 Å². The van der Waals surface area contributed by atoms with Gasteiger partial charge in [0.05, 0.1) is 17.0 Å². The molecule has 1 N–H and O–H groups in total. The molecule has 164 valence electrons. The minimum Gasteiger partial charge on any atom is -0.312 e. The van der Waals surface area contributed by atoms with E-state index in [2.05, 4.69) is 29.0 Å². The monoisotopic (exact) mass is 446 g/mol. The molecule has 2 aliphatic rings. The topological polar surface area (TPSA) is 66.5 Å². The first-order valence-corrected chi connectivity index (χ1v) is 12.6. The number of rotatable bonds is 7. The van der Waals surface area contributed by atoms with Crippen molar-refractivity contribution in [1.29, 1.82) is 0 Å². The third-order valence-electron chi connectivity index (χ3n) is 6.42. The highest BCUT2D eigenvalue weighted by Gasteiger charge is 2.33. The fraction of sp³-hybridized carbons (Fsp3) is 0.269. The second-order valence-corrected chi connectivity index (χ2v) is 10.2. The normalized spacial score (nSPS) is 15.3. The third-order valence-corrected chi connectivity index (χ3v) is 7.86. The summed E-state index contributed by atoms with van der Waals surface area (Å²) >= 11 is 0. The molecule has 0 atom stereocenters. The fourth-order valence-corrected chi connectivity index (χ4v) is 6.07. The molecule has 3 aromatic carbocycles. The van der Waals surface area contributed by atoms with E-state index in [0.29, 0.717) is 13.0 Å². The molecule has 0 unspecified atom stereocenters. The molecule has 1 amide bonds. The lowest BCUT2D eigenvalue weighted by atomic mass is 9.89. The number of carbonyl (C=O) groups is 1. The lowest BCUT2D eigenvalue weighted by molar-refractivity contribution is -0.117. The summed E-state index contributed by atoms with van der Waals surface area (Å²) in [5.41, 5.74) is 5.07. The summed E-state index contributed by atoms with van der Waals surface area (Å²) in [4.78, 5) is 14.4. The first-order chi connectivity index (χ1) is 15.5. The van der Waals surface area contributed by atoms with Crippen molar-refractivity contribution in [2.24, 2.45) is 0 Å². The molecule has 0 fully saturated rings. The van der Waals surface area contributed by atoms with Crippen LogP contribution in [0.4, 0.5) is 5.69 Å². The predicted molar refractivity (Wildman–Crippen MR) is 125 cm³/mol. The molecule has 0 saturated carbocycles.